The second-order valence-electron chi connectivity index (χ2n) is 6.93. The smallest absolute Gasteiger partial charge is 0.254 e. The van der Waals surface area contributed by atoms with E-state index in [-0.39, 0.29) is 11.9 Å². The van der Waals surface area contributed by atoms with Gasteiger partial charge in [-0.25, -0.2) is 4.98 Å². The Morgan fingerprint density at radius 1 is 1.04 bits per heavy atom. The molecule has 1 aromatic heterocycles. The lowest BCUT2D eigenvalue weighted by Gasteiger charge is -2.27. The number of hydrogen-bond donors (Lipinski definition) is 1. The first-order valence-electron chi connectivity index (χ1n) is 9.17. The maximum Gasteiger partial charge on any atom is 0.254 e. The van der Waals surface area contributed by atoms with Gasteiger partial charge in [0.25, 0.3) is 5.91 Å². The Hall–Kier alpha value is -3.14. The molecule has 0 bridgehead atoms. The topological polar surface area (TPSA) is 45.2 Å². The molecule has 2 aromatic carbocycles. The van der Waals surface area contributed by atoms with Gasteiger partial charge in [-0.3, -0.25) is 4.79 Å². The molecule has 1 N–H and O–H groups in total. The number of nitrogens with zero attached hydrogens (tertiary/aromatic N) is 2. The molecule has 0 aliphatic rings. The Kier molecular flexibility index (Phi) is 5.87. The van der Waals surface area contributed by atoms with Gasteiger partial charge < -0.3 is 10.2 Å². The summed E-state index contributed by atoms with van der Waals surface area (Å²) >= 11 is 0. The van der Waals surface area contributed by atoms with Crippen LogP contribution >= 0.6 is 0 Å². The number of carbonyl (C=O) groups is 1. The van der Waals surface area contributed by atoms with Crippen molar-refractivity contribution in [3.8, 4) is 0 Å². The predicted octanol–water partition coefficient (Wildman–Crippen LogP) is 5.18. The molecule has 1 amide bonds. The first-order valence-corrected chi connectivity index (χ1v) is 9.17. The van der Waals surface area contributed by atoms with E-state index in [1.54, 1.807) is 12.3 Å². The van der Waals surface area contributed by atoms with Crippen molar-refractivity contribution in [2.75, 3.05) is 5.32 Å². The van der Waals surface area contributed by atoms with Crippen LogP contribution < -0.4 is 5.32 Å². The van der Waals surface area contributed by atoms with Crippen molar-refractivity contribution in [3.63, 3.8) is 0 Å². The quantitative estimate of drug-likeness (QED) is 0.659. The molecule has 27 heavy (non-hydrogen) atoms. The number of aryl methyl sites for hydroxylation is 1. The van der Waals surface area contributed by atoms with Gasteiger partial charge in [-0.15, -0.1) is 0 Å². The molecule has 4 nitrogen and oxygen atoms in total. The molecule has 138 valence electrons. The van der Waals surface area contributed by atoms with Gasteiger partial charge in [-0.2, -0.15) is 0 Å². The van der Waals surface area contributed by atoms with Crippen LogP contribution in [0.2, 0.25) is 0 Å². The summed E-state index contributed by atoms with van der Waals surface area (Å²) in [7, 11) is 0. The van der Waals surface area contributed by atoms with Gasteiger partial charge in [0.2, 0.25) is 0 Å². The van der Waals surface area contributed by atoms with E-state index in [4.69, 9.17) is 0 Å². The summed E-state index contributed by atoms with van der Waals surface area (Å²) in [6.45, 7) is 6.70. The van der Waals surface area contributed by atoms with Crippen LogP contribution in [0.4, 0.5) is 11.5 Å². The Morgan fingerprint density at radius 2 is 1.74 bits per heavy atom. The lowest BCUT2D eigenvalue weighted by atomic mass is 10.1. The predicted molar refractivity (Wildman–Crippen MR) is 110 cm³/mol. The normalized spacial score (nSPS) is 10.7. The Balaban J connectivity index is 1.79. The van der Waals surface area contributed by atoms with Gasteiger partial charge in [0, 0.05) is 30.0 Å². The molecule has 0 radical (unpaired) electrons. The number of hydrogen-bond acceptors (Lipinski definition) is 3. The molecule has 1 heterocycles. The zero-order valence-corrected chi connectivity index (χ0v) is 16.0. The lowest BCUT2D eigenvalue weighted by Crippen LogP contribution is -2.36. The number of aromatic nitrogens is 1. The highest BCUT2D eigenvalue weighted by Crippen LogP contribution is 2.18. The van der Waals surface area contributed by atoms with E-state index in [9.17, 15) is 4.79 Å². The maximum absolute atomic E-state index is 13.1. The fraction of sp³-hybridized carbons (Fsp3) is 0.217. The molecule has 0 aliphatic carbocycles. The third-order valence-electron chi connectivity index (χ3n) is 4.41. The second-order valence-corrected chi connectivity index (χ2v) is 6.93. The van der Waals surface area contributed by atoms with E-state index in [1.165, 1.54) is 5.56 Å². The van der Waals surface area contributed by atoms with Crippen molar-refractivity contribution in [1.82, 2.24) is 9.88 Å². The molecule has 0 aliphatic heterocycles. The van der Waals surface area contributed by atoms with Crippen LogP contribution in [0.1, 0.15) is 35.3 Å². The van der Waals surface area contributed by atoms with Gasteiger partial charge in [-0.05, 0) is 50.6 Å². The molecule has 0 saturated carbocycles. The minimum Gasteiger partial charge on any atom is -0.340 e. The summed E-state index contributed by atoms with van der Waals surface area (Å²) in [5, 5.41) is 3.26. The molecule has 3 rings (SSSR count). The molecule has 0 saturated heterocycles. The fourth-order valence-corrected chi connectivity index (χ4v) is 2.85. The van der Waals surface area contributed by atoms with Crippen molar-refractivity contribution in [2.24, 2.45) is 0 Å². The van der Waals surface area contributed by atoms with Crippen LogP contribution in [0.5, 0.6) is 0 Å². The van der Waals surface area contributed by atoms with Crippen LogP contribution in [-0.4, -0.2) is 21.8 Å². The molecule has 0 fully saturated rings. The minimum absolute atomic E-state index is 0.00297. The Morgan fingerprint density at radius 3 is 2.41 bits per heavy atom. The van der Waals surface area contributed by atoms with Crippen LogP contribution in [-0.2, 0) is 6.54 Å². The van der Waals surface area contributed by atoms with Crippen molar-refractivity contribution >= 4 is 17.4 Å². The van der Waals surface area contributed by atoms with Crippen LogP contribution in [0.15, 0.2) is 72.9 Å². The van der Waals surface area contributed by atoms with E-state index in [0.29, 0.717) is 17.9 Å². The summed E-state index contributed by atoms with van der Waals surface area (Å²) in [5.41, 5.74) is 3.89. The van der Waals surface area contributed by atoms with Crippen molar-refractivity contribution < 1.29 is 4.79 Å². The summed E-state index contributed by atoms with van der Waals surface area (Å²) in [5.74, 6) is 0.663. The SMILES string of the molecule is Cc1ccc(Nc2cc(C(=O)N(Cc3ccccc3)C(C)C)ccn2)cc1. The third kappa shape index (κ3) is 4.94. The molecule has 3 aromatic rings. The highest BCUT2D eigenvalue weighted by Gasteiger charge is 2.19. The number of nitrogens with one attached hydrogen (secondary N) is 1. The molecule has 4 heteroatoms. The van der Waals surface area contributed by atoms with Gasteiger partial charge in [-0.1, -0.05) is 48.0 Å². The molecule has 0 spiro atoms. The molecular weight excluding hydrogens is 334 g/mol. The first kappa shape index (κ1) is 18.6. The summed E-state index contributed by atoms with van der Waals surface area (Å²) < 4.78 is 0. The average Bonchev–Trinajstić information content (AvgIpc) is 2.68. The first-order chi connectivity index (χ1) is 13.0. The van der Waals surface area contributed by atoms with Crippen molar-refractivity contribution in [2.45, 2.75) is 33.4 Å². The van der Waals surface area contributed by atoms with Crippen molar-refractivity contribution in [1.29, 1.82) is 0 Å². The molecule has 0 unspecified atom stereocenters. The third-order valence-corrected chi connectivity index (χ3v) is 4.41. The van der Waals surface area contributed by atoms with E-state index in [1.807, 2.05) is 79.4 Å². The van der Waals surface area contributed by atoms with Gasteiger partial charge in [0.05, 0.1) is 0 Å². The highest BCUT2D eigenvalue weighted by atomic mass is 16.2. The number of benzene rings is 2. The van der Waals surface area contributed by atoms with Gasteiger partial charge in [0.15, 0.2) is 0 Å². The Labute approximate surface area is 160 Å². The van der Waals surface area contributed by atoms with Gasteiger partial charge >= 0.3 is 0 Å². The summed E-state index contributed by atoms with van der Waals surface area (Å²) in [4.78, 5) is 19.3. The lowest BCUT2D eigenvalue weighted by molar-refractivity contribution is 0.0690. The van der Waals surface area contributed by atoms with E-state index in [0.717, 1.165) is 11.3 Å². The standard InChI is InChI=1S/C23H25N3O/c1-17(2)26(16-19-7-5-4-6-8-19)23(27)20-13-14-24-22(15-20)25-21-11-9-18(3)10-12-21/h4-15,17H,16H2,1-3H3,(H,24,25). The number of anilines is 2. The maximum atomic E-state index is 13.1. The van der Waals surface area contributed by atoms with E-state index in [2.05, 4.69) is 17.2 Å². The zero-order valence-electron chi connectivity index (χ0n) is 16.0. The van der Waals surface area contributed by atoms with Crippen LogP contribution in [0, 0.1) is 6.92 Å². The summed E-state index contributed by atoms with van der Waals surface area (Å²) in [6, 6.07) is 21.8. The average molecular weight is 359 g/mol. The highest BCUT2D eigenvalue weighted by molar-refractivity contribution is 5.95. The zero-order chi connectivity index (χ0) is 19.2. The van der Waals surface area contributed by atoms with Gasteiger partial charge in [0.1, 0.15) is 5.82 Å². The minimum atomic E-state index is 0.00297. The number of amides is 1. The Bertz CT molecular complexity index is 889. The number of rotatable bonds is 6. The number of pyridine rings is 1. The van der Waals surface area contributed by atoms with Crippen molar-refractivity contribution in [3.05, 3.63) is 89.6 Å². The monoisotopic (exact) mass is 359 g/mol. The van der Waals surface area contributed by atoms with Crippen LogP contribution in [0.3, 0.4) is 0 Å². The molecular formula is C23H25N3O. The van der Waals surface area contributed by atoms with Crippen LogP contribution in [0.25, 0.3) is 0 Å². The van der Waals surface area contributed by atoms with E-state index >= 15 is 0 Å². The second kappa shape index (κ2) is 8.49. The largest absolute Gasteiger partial charge is 0.340 e. The molecule has 0 atom stereocenters. The summed E-state index contributed by atoms with van der Waals surface area (Å²) in [6.07, 6.45) is 1.67. The van der Waals surface area contributed by atoms with E-state index < -0.39 is 0 Å². The number of carbonyl (C=O) groups excluding carboxylic acids is 1. The fourth-order valence-electron chi connectivity index (χ4n) is 2.85.